The topological polar surface area (TPSA) is 12.5 Å². The molecule has 0 radical (unpaired) electrons. The molecule has 0 aromatic rings. The highest BCUT2D eigenvalue weighted by Gasteiger charge is 2.59. The summed E-state index contributed by atoms with van der Waals surface area (Å²) in [7, 11) is 0. The molecule has 1 heteroatoms. The molecule has 4 rings (SSSR count). The van der Waals surface area contributed by atoms with Crippen molar-refractivity contribution in [2.45, 2.75) is 84.3 Å². The highest BCUT2D eigenvalue weighted by atomic mass is 16.6. The number of hydrogen-bond donors (Lipinski definition) is 0. The lowest BCUT2D eigenvalue weighted by Gasteiger charge is -2.45. The summed E-state index contributed by atoms with van der Waals surface area (Å²) in [4.78, 5) is 0. The van der Waals surface area contributed by atoms with Crippen LogP contribution in [0.25, 0.3) is 0 Å². The summed E-state index contributed by atoms with van der Waals surface area (Å²) < 4.78 is 5.92. The SMILES string of the molecule is CC12CCC(C(C)(C)C3CCC4(C)OC4C3)CC1C2. The molecule has 1 aliphatic heterocycles. The third-order valence-corrected chi connectivity index (χ3v) is 7.80. The predicted octanol–water partition coefficient (Wildman–Crippen LogP) is 4.80. The molecule has 0 spiro atoms. The number of epoxide rings is 1. The van der Waals surface area contributed by atoms with E-state index in [2.05, 4.69) is 27.7 Å². The maximum atomic E-state index is 5.92. The van der Waals surface area contributed by atoms with Crippen LogP contribution in [0.4, 0.5) is 0 Å². The van der Waals surface area contributed by atoms with Gasteiger partial charge in [0.05, 0.1) is 11.7 Å². The van der Waals surface area contributed by atoms with Gasteiger partial charge in [0.25, 0.3) is 0 Å². The van der Waals surface area contributed by atoms with Crippen LogP contribution >= 0.6 is 0 Å². The summed E-state index contributed by atoms with van der Waals surface area (Å²) >= 11 is 0. The van der Waals surface area contributed by atoms with Crippen molar-refractivity contribution in [1.29, 1.82) is 0 Å². The van der Waals surface area contributed by atoms with Crippen molar-refractivity contribution in [3.63, 3.8) is 0 Å². The van der Waals surface area contributed by atoms with Gasteiger partial charge in [0.2, 0.25) is 0 Å². The Bertz CT molecular complexity index is 364. The molecule has 108 valence electrons. The second kappa shape index (κ2) is 3.59. The van der Waals surface area contributed by atoms with Gasteiger partial charge in [-0.25, -0.2) is 0 Å². The minimum Gasteiger partial charge on any atom is -0.366 e. The van der Waals surface area contributed by atoms with E-state index in [0.717, 1.165) is 23.2 Å². The van der Waals surface area contributed by atoms with Gasteiger partial charge in [-0.1, -0.05) is 20.8 Å². The molecule has 19 heavy (non-hydrogen) atoms. The van der Waals surface area contributed by atoms with Crippen molar-refractivity contribution in [3.8, 4) is 0 Å². The Labute approximate surface area is 118 Å². The standard InChI is InChI=1S/C18H30O/c1-16(2,12-5-7-17(3)11-14(17)9-12)13-6-8-18(4)15(10-13)19-18/h12-15H,5-11H2,1-4H3. The third-order valence-electron chi connectivity index (χ3n) is 7.80. The van der Waals surface area contributed by atoms with Crippen molar-refractivity contribution in [1.82, 2.24) is 0 Å². The molecule has 3 aliphatic carbocycles. The molecule has 0 N–H and O–H groups in total. The van der Waals surface area contributed by atoms with Crippen molar-refractivity contribution in [2.75, 3.05) is 0 Å². The van der Waals surface area contributed by atoms with Crippen LogP contribution < -0.4 is 0 Å². The zero-order valence-corrected chi connectivity index (χ0v) is 13.2. The monoisotopic (exact) mass is 262 g/mol. The van der Waals surface area contributed by atoms with Crippen LogP contribution in [0, 0.1) is 28.6 Å². The third kappa shape index (κ3) is 1.83. The van der Waals surface area contributed by atoms with E-state index in [-0.39, 0.29) is 5.60 Å². The Hall–Kier alpha value is -0.0400. The van der Waals surface area contributed by atoms with Gasteiger partial charge in [0.1, 0.15) is 0 Å². The van der Waals surface area contributed by atoms with E-state index in [0.29, 0.717) is 11.5 Å². The minimum absolute atomic E-state index is 0.286. The molecule has 6 unspecified atom stereocenters. The largest absolute Gasteiger partial charge is 0.366 e. The van der Waals surface area contributed by atoms with Crippen LogP contribution in [0.1, 0.15) is 72.6 Å². The Morgan fingerprint density at radius 2 is 1.68 bits per heavy atom. The highest BCUT2D eigenvalue weighted by molar-refractivity contribution is 5.09. The average Bonchev–Trinajstić information content (AvgIpc) is 3.19. The Morgan fingerprint density at radius 1 is 1.00 bits per heavy atom. The molecule has 1 heterocycles. The van der Waals surface area contributed by atoms with Gasteiger partial charge in [-0.15, -0.1) is 0 Å². The first kappa shape index (κ1) is 12.7. The molecule has 0 aromatic carbocycles. The zero-order chi connectivity index (χ0) is 13.5. The molecular formula is C18H30O. The van der Waals surface area contributed by atoms with Crippen molar-refractivity contribution in [3.05, 3.63) is 0 Å². The van der Waals surface area contributed by atoms with Crippen LogP contribution in [-0.2, 0) is 4.74 Å². The Morgan fingerprint density at radius 3 is 2.37 bits per heavy atom. The molecule has 4 aliphatic rings. The second-order valence-corrected chi connectivity index (χ2v) is 9.24. The van der Waals surface area contributed by atoms with E-state index in [1.54, 1.807) is 0 Å². The maximum absolute atomic E-state index is 5.92. The van der Waals surface area contributed by atoms with Gasteiger partial charge in [-0.3, -0.25) is 0 Å². The molecule has 4 fully saturated rings. The fourth-order valence-corrected chi connectivity index (χ4v) is 5.47. The molecule has 0 aromatic heterocycles. The molecule has 0 bridgehead atoms. The first-order valence-corrected chi connectivity index (χ1v) is 8.51. The van der Waals surface area contributed by atoms with Crippen LogP contribution in [0.15, 0.2) is 0 Å². The maximum Gasteiger partial charge on any atom is 0.0920 e. The summed E-state index contributed by atoms with van der Waals surface area (Å²) in [6, 6.07) is 0. The minimum atomic E-state index is 0.286. The normalized spacial score (nSPS) is 56.2. The van der Waals surface area contributed by atoms with Gasteiger partial charge in [-0.2, -0.15) is 0 Å². The molecule has 1 saturated heterocycles. The number of rotatable bonds is 2. The first-order valence-electron chi connectivity index (χ1n) is 8.51. The zero-order valence-electron chi connectivity index (χ0n) is 13.2. The summed E-state index contributed by atoms with van der Waals surface area (Å²) in [5, 5.41) is 0. The van der Waals surface area contributed by atoms with Gasteiger partial charge < -0.3 is 4.74 Å². The predicted molar refractivity (Wildman–Crippen MR) is 78.0 cm³/mol. The fraction of sp³-hybridized carbons (Fsp3) is 1.00. The van der Waals surface area contributed by atoms with Gasteiger partial charge in [0.15, 0.2) is 0 Å². The van der Waals surface area contributed by atoms with E-state index in [9.17, 15) is 0 Å². The lowest BCUT2D eigenvalue weighted by molar-refractivity contribution is 0.0493. The van der Waals surface area contributed by atoms with Crippen molar-refractivity contribution < 1.29 is 4.74 Å². The molecule has 1 nitrogen and oxygen atoms in total. The van der Waals surface area contributed by atoms with Crippen LogP contribution in [0.5, 0.6) is 0 Å². The molecule has 0 amide bonds. The van der Waals surface area contributed by atoms with E-state index in [1.165, 1.54) is 44.9 Å². The Kier molecular flexibility index (Phi) is 2.39. The average molecular weight is 262 g/mol. The molecular weight excluding hydrogens is 232 g/mol. The molecule has 6 atom stereocenters. The lowest BCUT2D eigenvalue weighted by Crippen LogP contribution is -2.38. The van der Waals surface area contributed by atoms with E-state index >= 15 is 0 Å². The summed E-state index contributed by atoms with van der Waals surface area (Å²) in [5.74, 6) is 2.94. The number of ether oxygens (including phenoxy) is 1. The quantitative estimate of drug-likeness (QED) is 0.651. The summed E-state index contributed by atoms with van der Waals surface area (Å²) in [6.07, 6.45) is 10.7. The van der Waals surface area contributed by atoms with Gasteiger partial charge in [-0.05, 0) is 80.5 Å². The van der Waals surface area contributed by atoms with E-state index < -0.39 is 0 Å². The lowest BCUT2D eigenvalue weighted by atomic mass is 9.59. The first-order chi connectivity index (χ1) is 8.83. The van der Waals surface area contributed by atoms with Crippen molar-refractivity contribution >= 4 is 0 Å². The second-order valence-electron chi connectivity index (χ2n) is 9.24. The number of fused-ring (bicyclic) bond motifs is 2. The molecule has 3 saturated carbocycles. The Balaban J connectivity index is 1.44. The van der Waals surface area contributed by atoms with E-state index in [4.69, 9.17) is 4.74 Å². The summed E-state index contributed by atoms with van der Waals surface area (Å²) in [6.45, 7) is 9.97. The van der Waals surface area contributed by atoms with Crippen molar-refractivity contribution in [2.24, 2.45) is 28.6 Å². The smallest absolute Gasteiger partial charge is 0.0920 e. The summed E-state index contributed by atoms with van der Waals surface area (Å²) in [5.41, 5.74) is 1.59. The van der Waals surface area contributed by atoms with Gasteiger partial charge >= 0.3 is 0 Å². The number of hydrogen-bond acceptors (Lipinski definition) is 1. The van der Waals surface area contributed by atoms with Crippen LogP contribution in [0.2, 0.25) is 0 Å². The highest BCUT2D eigenvalue weighted by Crippen LogP contribution is 2.66. The van der Waals surface area contributed by atoms with Gasteiger partial charge in [0, 0.05) is 0 Å². The van der Waals surface area contributed by atoms with Crippen LogP contribution in [0.3, 0.4) is 0 Å². The van der Waals surface area contributed by atoms with Crippen LogP contribution in [-0.4, -0.2) is 11.7 Å². The van der Waals surface area contributed by atoms with E-state index in [1.807, 2.05) is 0 Å². The fourth-order valence-electron chi connectivity index (χ4n) is 5.47.